The van der Waals surface area contributed by atoms with Gasteiger partial charge in [0.05, 0.1) is 11.1 Å². The summed E-state index contributed by atoms with van der Waals surface area (Å²) in [6, 6.07) is 10.1. The fourth-order valence-corrected chi connectivity index (χ4v) is 2.78. The number of hydrogen-bond donors (Lipinski definition) is 2. The number of piperidine rings is 1. The van der Waals surface area contributed by atoms with Crippen LogP contribution >= 0.6 is 0 Å². The molecule has 2 aromatic rings. The van der Waals surface area contributed by atoms with Crippen LogP contribution in [0.15, 0.2) is 36.5 Å². The van der Waals surface area contributed by atoms with E-state index in [9.17, 15) is 4.79 Å². The minimum Gasteiger partial charge on any atom is -0.348 e. The average molecular weight is 269 g/mol. The molecule has 1 saturated heterocycles. The van der Waals surface area contributed by atoms with Crippen molar-refractivity contribution < 1.29 is 4.79 Å². The summed E-state index contributed by atoms with van der Waals surface area (Å²) >= 11 is 0. The Balaban J connectivity index is 1.85. The molecule has 0 spiro atoms. The minimum atomic E-state index is -0.0100. The van der Waals surface area contributed by atoms with Gasteiger partial charge in [0, 0.05) is 23.7 Å². The average Bonchev–Trinajstić information content (AvgIpc) is 2.49. The summed E-state index contributed by atoms with van der Waals surface area (Å²) in [7, 11) is 0. The molecule has 0 aliphatic carbocycles. The minimum absolute atomic E-state index is 0.0100. The highest BCUT2D eigenvalue weighted by Crippen LogP contribution is 2.17. The van der Waals surface area contributed by atoms with Crippen molar-refractivity contribution in [2.75, 3.05) is 6.54 Å². The van der Waals surface area contributed by atoms with Crippen molar-refractivity contribution in [1.29, 1.82) is 0 Å². The van der Waals surface area contributed by atoms with Crippen LogP contribution in [0, 0.1) is 0 Å². The van der Waals surface area contributed by atoms with Crippen molar-refractivity contribution in [3.05, 3.63) is 42.1 Å². The molecule has 104 valence electrons. The maximum Gasteiger partial charge on any atom is 0.252 e. The van der Waals surface area contributed by atoms with Gasteiger partial charge < -0.3 is 10.6 Å². The van der Waals surface area contributed by atoms with E-state index in [1.807, 2.05) is 24.3 Å². The number of nitrogens with zero attached hydrogens (tertiary/aromatic N) is 1. The van der Waals surface area contributed by atoms with Gasteiger partial charge in [0.25, 0.3) is 5.91 Å². The Hall–Kier alpha value is -1.94. The van der Waals surface area contributed by atoms with Gasteiger partial charge in [-0.2, -0.15) is 0 Å². The highest BCUT2D eigenvalue weighted by Gasteiger charge is 2.23. The molecule has 2 N–H and O–H groups in total. The molecule has 1 aromatic heterocycles. The monoisotopic (exact) mass is 269 g/mol. The maximum atomic E-state index is 12.5. The zero-order valence-electron chi connectivity index (χ0n) is 11.6. The molecule has 1 aromatic carbocycles. The molecule has 2 atom stereocenters. The second kappa shape index (κ2) is 5.59. The number of rotatable bonds is 2. The second-order valence-corrected chi connectivity index (χ2v) is 5.34. The second-order valence-electron chi connectivity index (χ2n) is 5.34. The van der Waals surface area contributed by atoms with Crippen molar-refractivity contribution in [2.45, 2.75) is 31.8 Å². The van der Waals surface area contributed by atoms with Gasteiger partial charge in [-0.05, 0) is 38.4 Å². The van der Waals surface area contributed by atoms with Crippen LogP contribution in [0.25, 0.3) is 10.9 Å². The molecule has 2 heterocycles. The van der Waals surface area contributed by atoms with Crippen LogP contribution in [0.3, 0.4) is 0 Å². The first kappa shape index (κ1) is 13.1. The van der Waals surface area contributed by atoms with Gasteiger partial charge in [0.1, 0.15) is 0 Å². The van der Waals surface area contributed by atoms with Gasteiger partial charge in [0.2, 0.25) is 0 Å². The molecule has 0 bridgehead atoms. The third-order valence-electron chi connectivity index (χ3n) is 3.97. The van der Waals surface area contributed by atoms with E-state index in [1.54, 1.807) is 12.3 Å². The summed E-state index contributed by atoms with van der Waals surface area (Å²) in [5, 5.41) is 7.45. The van der Waals surface area contributed by atoms with E-state index in [0.717, 1.165) is 30.3 Å². The van der Waals surface area contributed by atoms with Gasteiger partial charge in [-0.3, -0.25) is 9.78 Å². The van der Waals surface area contributed by atoms with Crippen molar-refractivity contribution in [3.63, 3.8) is 0 Å². The SMILES string of the molecule is CC1NCCCC1NC(=O)c1ccnc2ccccc12. The first-order valence-corrected chi connectivity index (χ1v) is 7.14. The lowest BCUT2D eigenvalue weighted by Crippen LogP contribution is -2.51. The standard InChI is InChI=1S/C16H19N3O/c1-11-14(7-4-9-17-11)19-16(20)13-8-10-18-15-6-3-2-5-12(13)15/h2-3,5-6,8,10-11,14,17H,4,7,9H2,1H3,(H,19,20). The molecule has 3 rings (SSSR count). The molecule has 1 aliphatic rings. The van der Waals surface area contributed by atoms with Crippen LogP contribution in [0.2, 0.25) is 0 Å². The lowest BCUT2D eigenvalue weighted by molar-refractivity contribution is 0.0921. The predicted molar refractivity (Wildman–Crippen MR) is 79.7 cm³/mol. The molecular weight excluding hydrogens is 250 g/mol. The zero-order valence-corrected chi connectivity index (χ0v) is 11.6. The number of aromatic nitrogens is 1. The molecule has 20 heavy (non-hydrogen) atoms. The van der Waals surface area contributed by atoms with Crippen LogP contribution in [0.5, 0.6) is 0 Å². The van der Waals surface area contributed by atoms with Crippen molar-refractivity contribution >= 4 is 16.8 Å². The summed E-state index contributed by atoms with van der Waals surface area (Å²) in [4.78, 5) is 16.8. The van der Waals surface area contributed by atoms with Gasteiger partial charge in [-0.15, -0.1) is 0 Å². The molecule has 0 saturated carbocycles. The Morgan fingerprint density at radius 1 is 1.35 bits per heavy atom. The van der Waals surface area contributed by atoms with Gasteiger partial charge >= 0.3 is 0 Å². The van der Waals surface area contributed by atoms with E-state index < -0.39 is 0 Å². The lowest BCUT2D eigenvalue weighted by Gasteiger charge is -2.30. The van der Waals surface area contributed by atoms with Gasteiger partial charge in [-0.1, -0.05) is 18.2 Å². The topological polar surface area (TPSA) is 54.0 Å². The first-order valence-electron chi connectivity index (χ1n) is 7.14. The van der Waals surface area contributed by atoms with Gasteiger partial charge in [-0.25, -0.2) is 0 Å². The third kappa shape index (κ3) is 2.51. The van der Waals surface area contributed by atoms with Crippen molar-refractivity contribution in [3.8, 4) is 0 Å². The predicted octanol–water partition coefficient (Wildman–Crippen LogP) is 2.11. The molecular formula is C16H19N3O. The Morgan fingerprint density at radius 2 is 2.20 bits per heavy atom. The Bertz CT molecular complexity index is 621. The van der Waals surface area contributed by atoms with E-state index in [0.29, 0.717) is 11.6 Å². The molecule has 1 amide bonds. The smallest absolute Gasteiger partial charge is 0.252 e. The number of carbonyl (C=O) groups is 1. The summed E-state index contributed by atoms with van der Waals surface area (Å²) in [6.45, 7) is 3.15. The van der Waals surface area contributed by atoms with Crippen molar-refractivity contribution in [1.82, 2.24) is 15.6 Å². The largest absolute Gasteiger partial charge is 0.348 e. The van der Waals surface area contributed by atoms with E-state index in [4.69, 9.17) is 0 Å². The third-order valence-corrected chi connectivity index (χ3v) is 3.97. The number of carbonyl (C=O) groups excluding carboxylic acids is 1. The van der Waals surface area contributed by atoms with Crippen LogP contribution in [0.4, 0.5) is 0 Å². The fraction of sp³-hybridized carbons (Fsp3) is 0.375. The van der Waals surface area contributed by atoms with Crippen LogP contribution < -0.4 is 10.6 Å². The molecule has 4 heteroatoms. The fourth-order valence-electron chi connectivity index (χ4n) is 2.78. The molecule has 1 fully saturated rings. The lowest BCUT2D eigenvalue weighted by atomic mass is 9.99. The van der Waals surface area contributed by atoms with E-state index >= 15 is 0 Å². The number of benzene rings is 1. The maximum absolute atomic E-state index is 12.5. The molecule has 2 unspecified atom stereocenters. The first-order chi connectivity index (χ1) is 9.75. The molecule has 0 radical (unpaired) electrons. The highest BCUT2D eigenvalue weighted by atomic mass is 16.1. The molecule has 1 aliphatic heterocycles. The Kier molecular flexibility index (Phi) is 3.65. The van der Waals surface area contributed by atoms with E-state index in [1.165, 1.54) is 0 Å². The summed E-state index contributed by atoms with van der Waals surface area (Å²) in [5.74, 6) is -0.0100. The van der Waals surface area contributed by atoms with Crippen molar-refractivity contribution in [2.24, 2.45) is 0 Å². The molecule has 4 nitrogen and oxygen atoms in total. The van der Waals surface area contributed by atoms with Gasteiger partial charge in [0.15, 0.2) is 0 Å². The number of amides is 1. The quantitative estimate of drug-likeness (QED) is 0.878. The highest BCUT2D eigenvalue weighted by molar-refractivity contribution is 6.06. The normalized spacial score (nSPS) is 22.6. The van der Waals surface area contributed by atoms with Crippen LogP contribution in [-0.4, -0.2) is 29.5 Å². The van der Waals surface area contributed by atoms with E-state index in [-0.39, 0.29) is 11.9 Å². The number of hydrogen-bond acceptors (Lipinski definition) is 3. The summed E-state index contributed by atoms with van der Waals surface area (Å²) < 4.78 is 0. The Morgan fingerprint density at radius 3 is 3.05 bits per heavy atom. The Labute approximate surface area is 118 Å². The number of fused-ring (bicyclic) bond motifs is 1. The van der Waals surface area contributed by atoms with Crippen LogP contribution in [-0.2, 0) is 0 Å². The van der Waals surface area contributed by atoms with Crippen LogP contribution in [0.1, 0.15) is 30.1 Å². The number of nitrogens with one attached hydrogen (secondary N) is 2. The number of pyridine rings is 1. The van der Waals surface area contributed by atoms with E-state index in [2.05, 4.69) is 22.5 Å². The summed E-state index contributed by atoms with van der Waals surface area (Å²) in [6.07, 6.45) is 3.83. The summed E-state index contributed by atoms with van der Waals surface area (Å²) in [5.41, 5.74) is 1.56. The zero-order chi connectivity index (χ0) is 13.9. The number of para-hydroxylation sites is 1.